The summed E-state index contributed by atoms with van der Waals surface area (Å²) in [6.45, 7) is -2.27. The normalized spacial score (nSPS) is 41.3. The first-order valence-electron chi connectivity index (χ1n) is 19.6. The van der Waals surface area contributed by atoms with E-state index in [1.807, 2.05) is 0 Å². The quantitative estimate of drug-likeness (QED) is 0.0695. The van der Waals surface area contributed by atoms with Gasteiger partial charge in [-0.2, -0.15) is 4.98 Å². The van der Waals surface area contributed by atoms with Crippen molar-refractivity contribution in [2.75, 3.05) is 32.0 Å². The van der Waals surface area contributed by atoms with Crippen molar-refractivity contribution >= 4 is 30.8 Å². The Hall–Kier alpha value is -2.99. The maximum Gasteiger partial charge on any atom is 0.472 e. The minimum Gasteiger partial charge on any atom is -0.394 e. The van der Waals surface area contributed by atoms with Gasteiger partial charge in [-0.15, -0.1) is 0 Å². The number of nitrogens with zero attached hydrogens (tertiary/aromatic N) is 3. The summed E-state index contributed by atoms with van der Waals surface area (Å²) in [7, 11) is -5.28. The molecule has 4 aliphatic rings. The molecule has 6 rings (SSSR count). The summed E-state index contributed by atoms with van der Waals surface area (Å²) in [5.74, 6) is -1.21. The zero-order valence-electron chi connectivity index (χ0n) is 33.1. The van der Waals surface area contributed by atoms with Gasteiger partial charge in [0.25, 0.3) is 5.56 Å². The Morgan fingerprint density at radius 2 is 1.59 bits per heavy atom. The second-order valence-electron chi connectivity index (χ2n) is 15.5. The number of carbonyl (C=O) groups excluding carboxylic acids is 1. The number of rotatable bonds is 16. The molecule has 5 heterocycles. The molecule has 3 saturated heterocycles. The van der Waals surface area contributed by atoms with Gasteiger partial charge in [-0.3, -0.25) is 28.2 Å². The smallest absolute Gasteiger partial charge is 0.394 e. The molecule has 22 N–H and O–H groups in total. The van der Waals surface area contributed by atoms with E-state index in [0.717, 1.165) is 10.9 Å². The number of anilines is 1. The highest BCUT2D eigenvalue weighted by atomic mass is 31.2. The van der Waals surface area contributed by atoms with Gasteiger partial charge in [-0.1, -0.05) is 0 Å². The minimum atomic E-state index is -5.28. The number of imidazole rings is 1. The Bertz CT molecular complexity index is 1970. The lowest BCUT2D eigenvalue weighted by atomic mass is 9.83. The highest BCUT2D eigenvalue weighted by Gasteiger charge is 2.54. The van der Waals surface area contributed by atoms with Gasteiger partial charge in [0.1, 0.15) is 85.5 Å². The zero-order chi connectivity index (χ0) is 46.2. The molecular weight excluding hydrogens is 875 g/mol. The molecule has 1 saturated carbocycles. The average molecular weight is 931 g/mol. The third-order valence-corrected chi connectivity index (χ3v) is 12.2. The summed E-state index contributed by atoms with van der Waals surface area (Å²) in [6, 6.07) is -3.88. The van der Waals surface area contributed by atoms with E-state index in [4.69, 9.17) is 61.4 Å². The van der Waals surface area contributed by atoms with Crippen molar-refractivity contribution in [3.63, 3.8) is 0 Å². The molecule has 31 heteroatoms. The van der Waals surface area contributed by atoms with Crippen LogP contribution in [-0.2, 0) is 42.1 Å². The summed E-state index contributed by atoms with van der Waals surface area (Å²) in [5, 5.41) is 99.0. The number of hydrogen-bond donors (Lipinski definition) is 17. The first-order valence-corrected chi connectivity index (χ1v) is 21.1. The highest BCUT2D eigenvalue weighted by Crippen LogP contribution is 2.48. The van der Waals surface area contributed by atoms with Crippen LogP contribution in [-0.4, -0.2) is 219 Å². The molecule has 1 aliphatic carbocycles. The van der Waals surface area contributed by atoms with Crippen molar-refractivity contribution in [3.8, 4) is 0 Å². The maximum absolute atomic E-state index is 13.2. The fourth-order valence-corrected chi connectivity index (χ4v) is 8.72. The van der Waals surface area contributed by atoms with Gasteiger partial charge >= 0.3 is 7.82 Å². The number of carbonyl (C=O) groups is 1. The van der Waals surface area contributed by atoms with Crippen LogP contribution in [0.4, 0.5) is 5.95 Å². The number of amides is 1. The van der Waals surface area contributed by atoms with E-state index < -0.39 is 161 Å². The molecular formula is C32H55N10O20P. The number of aromatic amines is 1. The van der Waals surface area contributed by atoms with Crippen LogP contribution in [0.1, 0.15) is 19.1 Å². The van der Waals surface area contributed by atoms with Gasteiger partial charge in [0.15, 0.2) is 30.0 Å². The number of fused-ring (bicyclic) bond motifs is 1. The number of nitrogens with two attached hydrogens (primary N) is 5. The predicted molar refractivity (Wildman–Crippen MR) is 205 cm³/mol. The Kier molecular flexibility index (Phi) is 15.9. The fraction of sp³-hybridized carbons (Fsp3) is 0.812. The standard InChI is InChI=1S/C32H55N10O20P/c33-2-1-10(44)27(52)39-9-3-8(35)23(22(51)24(9)61-30-18(47)14(36)16(45)12(5-43)59-30)60-31-21(50)19(48)25(11(4-34)58-31)62-63(54,55)56-6-13-17(46)20(49)29(57-13)42-7-38-15-26(42)40-32(37)41-28(15)53/h7-14,16-25,29-31,43-51H,1-6,33-36H2,(H,39,52)(H,54,55)(H3,37,40,41,53)/t8-,9+,10-,11+,12+,13+,14-,16+,17+,18+,19+,20+,21+,22-,23+,24-,25+,29+,30+,31+/m0/s1. The summed E-state index contributed by atoms with van der Waals surface area (Å²) in [5.41, 5.74) is 28.3. The van der Waals surface area contributed by atoms with E-state index in [-0.39, 0.29) is 36.5 Å². The third kappa shape index (κ3) is 10.4. The third-order valence-electron chi connectivity index (χ3n) is 11.2. The molecule has 1 amide bonds. The topological polar surface area (TPSA) is 507 Å². The van der Waals surface area contributed by atoms with E-state index in [0.29, 0.717) is 0 Å². The van der Waals surface area contributed by atoms with Crippen molar-refractivity contribution in [2.24, 2.45) is 22.9 Å². The Morgan fingerprint density at radius 3 is 2.25 bits per heavy atom. The van der Waals surface area contributed by atoms with E-state index in [9.17, 15) is 65.0 Å². The van der Waals surface area contributed by atoms with Gasteiger partial charge in [-0.25, -0.2) is 9.55 Å². The molecule has 2 aromatic rings. The van der Waals surface area contributed by atoms with Crippen LogP contribution < -0.4 is 39.5 Å². The summed E-state index contributed by atoms with van der Waals surface area (Å²) in [6.07, 6.45) is -28.3. The molecule has 0 bridgehead atoms. The Labute approximate surface area is 355 Å². The van der Waals surface area contributed by atoms with Crippen LogP contribution >= 0.6 is 7.82 Å². The van der Waals surface area contributed by atoms with Gasteiger partial charge in [-0.05, 0) is 19.4 Å². The number of ether oxygens (including phenoxy) is 5. The number of aliphatic hydroxyl groups excluding tert-OH is 9. The van der Waals surface area contributed by atoms with Crippen LogP contribution in [0.25, 0.3) is 11.2 Å². The summed E-state index contributed by atoms with van der Waals surface area (Å²) < 4.78 is 53.2. The van der Waals surface area contributed by atoms with Crippen molar-refractivity contribution in [1.82, 2.24) is 24.8 Å². The Balaban J connectivity index is 1.12. The number of H-pyrrole nitrogens is 1. The van der Waals surface area contributed by atoms with Crippen LogP contribution in [0.3, 0.4) is 0 Å². The molecule has 0 aromatic carbocycles. The summed E-state index contributed by atoms with van der Waals surface area (Å²) in [4.78, 5) is 45.9. The van der Waals surface area contributed by atoms with Crippen LogP contribution in [0.2, 0.25) is 0 Å². The van der Waals surface area contributed by atoms with Crippen molar-refractivity contribution in [2.45, 2.75) is 135 Å². The van der Waals surface area contributed by atoms with E-state index in [2.05, 4.69) is 20.3 Å². The fourth-order valence-electron chi connectivity index (χ4n) is 7.76. The molecule has 21 atom stereocenters. The number of aliphatic hydroxyl groups is 9. The number of nitrogens with one attached hydrogen (secondary N) is 2. The van der Waals surface area contributed by atoms with Crippen molar-refractivity contribution in [3.05, 3.63) is 16.7 Å². The zero-order valence-corrected chi connectivity index (χ0v) is 34.0. The van der Waals surface area contributed by atoms with Crippen LogP contribution in [0.5, 0.6) is 0 Å². The van der Waals surface area contributed by atoms with Crippen molar-refractivity contribution < 1.29 is 92.9 Å². The number of phosphoric acid groups is 1. The predicted octanol–water partition coefficient (Wildman–Crippen LogP) is -9.95. The van der Waals surface area contributed by atoms with E-state index in [1.54, 1.807) is 0 Å². The molecule has 30 nitrogen and oxygen atoms in total. The SMILES string of the molecule is NCC[C@H](O)C(=O)N[C@@H]1C[C@H](N)[C@@H](O[C@H]2O[C@H](CN)[C@@H](OP(=O)(O)OC[C@H]3O[C@@H](n4cnc5c(=O)[nH]c(N)nc54)[C@H](O)[C@@H]3O)[C@H](O)[C@H]2O)[C@H](O)[C@H]1O[C@H]1O[C@H](CO)[C@@H](O)[C@H](N)[C@H]1O. The average Bonchev–Trinajstić information content (AvgIpc) is 3.78. The second-order valence-corrected chi connectivity index (χ2v) is 16.9. The van der Waals surface area contributed by atoms with Gasteiger partial charge < -0.3 is 109 Å². The first-order chi connectivity index (χ1) is 29.7. The lowest BCUT2D eigenvalue weighted by Gasteiger charge is -2.49. The molecule has 1 unspecified atom stereocenters. The molecule has 0 spiro atoms. The molecule has 63 heavy (non-hydrogen) atoms. The van der Waals surface area contributed by atoms with Crippen molar-refractivity contribution in [1.29, 1.82) is 0 Å². The maximum atomic E-state index is 13.2. The lowest BCUT2D eigenvalue weighted by molar-refractivity contribution is -0.331. The van der Waals surface area contributed by atoms with E-state index in [1.165, 1.54) is 0 Å². The Morgan fingerprint density at radius 1 is 0.921 bits per heavy atom. The number of hydrogen-bond acceptors (Lipinski definition) is 26. The molecule has 2 aromatic heterocycles. The monoisotopic (exact) mass is 930 g/mol. The van der Waals surface area contributed by atoms with E-state index >= 15 is 0 Å². The van der Waals surface area contributed by atoms with Crippen LogP contribution in [0, 0.1) is 0 Å². The second kappa shape index (κ2) is 20.3. The molecule has 3 aliphatic heterocycles. The summed E-state index contributed by atoms with van der Waals surface area (Å²) >= 11 is 0. The van der Waals surface area contributed by atoms with Crippen LogP contribution in [0.15, 0.2) is 11.1 Å². The number of aromatic nitrogens is 4. The van der Waals surface area contributed by atoms with Gasteiger partial charge in [0.2, 0.25) is 11.9 Å². The highest BCUT2D eigenvalue weighted by molar-refractivity contribution is 7.47. The van der Waals surface area contributed by atoms with Gasteiger partial charge in [0.05, 0.1) is 31.6 Å². The molecule has 0 radical (unpaired) electrons. The lowest BCUT2D eigenvalue weighted by Crippen LogP contribution is -2.69. The number of phosphoric ester groups is 1. The molecule has 358 valence electrons. The minimum absolute atomic E-state index is 0.0621. The number of nitrogen functional groups attached to an aromatic ring is 1. The molecule has 4 fully saturated rings. The van der Waals surface area contributed by atoms with Gasteiger partial charge in [0, 0.05) is 12.6 Å². The largest absolute Gasteiger partial charge is 0.472 e. The first kappa shape index (κ1) is 49.4.